The Balaban J connectivity index is 2.18. The minimum atomic E-state index is -0.228. The second kappa shape index (κ2) is 3.20. The molecule has 0 aliphatic heterocycles. The quantitative estimate of drug-likeness (QED) is 0.780. The summed E-state index contributed by atoms with van der Waals surface area (Å²) < 4.78 is 4.94. The molecule has 1 fully saturated rings. The van der Waals surface area contributed by atoms with Gasteiger partial charge in [0.05, 0.1) is 18.3 Å². The van der Waals surface area contributed by atoms with E-state index in [0.29, 0.717) is 11.8 Å². The van der Waals surface area contributed by atoms with Crippen molar-refractivity contribution in [2.24, 2.45) is 11.7 Å². The van der Waals surface area contributed by atoms with Gasteiger partial charge in [0.1, 0.15) is 0 Å². The van der Waals surface area contributed by atoms with E-state index in [2.05, 4.69) is 17.1 Å². The van der Waals surface area contributed by atoms with Gasteiger partial charge in [0.15, 0.2) is 0 Å². The monoisotopic (exact) mass is 193 g/mol. The predicted octanol–water partition coefficient (Wildman–Crippen LogP) is 1.07. The van der Waals surface area contributed by atoms with Gasteiger partial charge in [-0.25, -0.2) is 0 Å². The predicted molar refractivity (Wildman–Crippen MR) is 52.8 cm³/mol. The maximum Gasteiger partial charge on any atom is 0.233 e. The molecule has 14 heavy (non-hydrogen) atoms. The Bertz CT molecular complexity index is 325. The largest absolute Gasteiger partial charge is 0.480 e. The van der Waals surface area contributed by atoms with Crippen LogP contribution in [-0.2, 0) is 5.54 Å². The molecule has 0 radical (unpaired) electrons. The van der Waals surface area contributed by atoms with Gasteiger partial charge in [0, 0.05) is 6.07 Å². The smallest absolute Gasteiger partial charge is 0.233 e. The van der Waals surface area contributed by atoms with E-state index in [0.717, 1.165) is 18.5 Å². The van der Waals surface area contributed by atoms with Gasteiger partial charge >= 0.3 is 0 Å². The van der Waals surface area contributed by atoms with Gasteiger partial charge in [0.2, 0.25) is 5.88 Å². The summed E-state index contributed by atoms with van der Waals surface area (Å²) in [6, 6.07) is 3.71. The Morgan fingerprint density at radius 2 is 2.36 bits per heavy atom. The molecule has 2 unspecified atom stereocenters. The van der Waals surface area contributed by atoms with Crippen LogP contribution in [0.1, 0.15) is 25.5 Å². The molecule has 1 saturated carbocycles. The van der Waals surface area contributed by atoms with Crippen LogP contribution in [-0.4, -0.2) is 17.3 Å². The molecular formula is C10H15N3O. The van der Waals surface area contributed by atoms with E-state index >= 15 is 0 Å². The van der Waals surface area contributed by atoms with Gasteiger partial charge in [-0.1, -0.05) is 13.3 Å². The van der Waals surface area contributed by atoms with Crippen LogP contribution in [0, 0.1) is 5.92 Å². The number of rotatable bonds is 3. The first-order valence-electron chi connectivity index (χ1n) is 4.87. The molecule has 0 spiro atoms. The first-order valence-corrected chi connectivity index (χ1v) is 4.87. The number of nitrogens with zero attached hydrogens (tertiary/aromatic N) is 2. The number of methoxy groups -OCH3 is 1. The Labute approximate surface area is 83.5 Å². The number of hydrogen-bond acceptors (Lipinski definition) is 4. The summed E-state index contributed by atoms with van der Waals surface area (Å²) >= 11 is 0. The fourth-order valence-electron chi connectivity index (χ4n) is 1.85. The number of nitrogens with two attached hydrogens (primary N) is 1. The average Bonchev–Trinajstić information content (AvgIpc) is 2.91. The Hall–Kier alpha value is -1.16. The van der Waals surface area contributed by atoms with E-state index in [1.165, 1.54) is 0 Å². The zero-order chi connectivity index (χ0) is 10.2. The molecule has 0 aromatic carbocycles. The lowest BCUT2D eigenvalue weighted by Gasteiger charge is -2.09. The SMILES string of the molecule is CCC1CC1(N)c1ccc(OC)nn1. The number of hydrogen-bond donors (Lipinski definition) is 1. The summed E-state index contributed by atoms with van der Waals surface area (Å²) in [5.74, 6) is 1.09. The third-order valence-electron chi connectivity index (χ3n) is 2.97. The van der Waals surface area contributed by atoms with Crippen molar-refractivity contribution in [2.45, 2.75) is 25.3 Å². The van der Waals surface area contributed by atoms with Crippen LogP contribution in [0.2, 0.25) is 0 Å². The third-order valence-corrected chi connectivity index (χ3v) is 2.97. The molecule has 1 aliphatic rings. The molecular weight excluding hydrogens is 178 g/mol. The highest BCUT2D eigenvalue weighted by Gasteiger charge is 2.52. The van der Waals surface area contributed by atoms with Gasteiger partial charge < -0.3 is 10.5 Å². The Kier molecular flexibility index (Phi) is 2.15. The van der Waals surface area contributed by atoms with E-state index in [1.54, 1.807) is 7.11 Å². The van der Waals surface area contributed by atoms with Crippen molar-refractivity contribution >= 4 is 0 Å². The van der Waals surface area contributed by atoms with Crippen molar-refractivity contribution in [2.75, 3.05) is 7.11 Å². The summed E-state index contributed by atoms with van der Waals surface area (Å²) in [5, 5.41) is 8.00. The molecule has 76 valence electrons. The molecule has 1 aromatic heterocycles. The first kappa shape index (κ1) is 9.40. The van der Waals surface area contributed by atoms with Gasteiger partial charge in [0.25, 0.3) is 0 Å². The molecule has 1 heterocycles. The van der Waals surface area contributed by atoms with Gasteiger partial charge in [-0.15, -0.1) is 10.2 Å². The van der Waals surface area contributed by atoms with Crippen molar-refractivity contribution < 1.29 is 4.74 Å². The van der Waals surface area contributed by atoms with E-state index in [9.17, 15) is 0 Å². The van der Waals surface area contributed by atoms with Gasteiger partial charge in [-0.2, -0.15) is 0 Å². The molecule has 4 heteroatoms. The minimum Gasteiger partial charge on any atom is -0.480 e. The van der Waals surface area contributed by atoms with E-state index in [1.807, 2.05) is 12.1 Å². The fourth-order valence-corrected chi connectivity index (χ4v) is 1.85. The molecule has 1 aromatic rings. The topological polar surface area (TPSA) is 61.0 Å². The summed E-state index contributed by atoms with van der Waals surface area (Å²) in [4.78, 5) is 0. The summed E-state index contributed by atoms with van der Waals surface area (Å²) in [5.41, 5.74) is 6.82. The third kappa shape index (κ3) is 1.35. The van der Waals surface area contributed by atoms with Crippen LogP contribution in [0.3, 0.4) is 0 Å². The lowest BCUT2D eigenvalue weighted by Crippen LogP contribution is -2.23. The van der Waals surface area contributed by atoms with Crippen LogP contribution in [0.5, 0.6) is 5.88 Å². The maximum atomic E-state index is 6.17. The van der Waals surface area contributed by atoms with Crippen LogP contribution in [0.25, 0.3) is 0 Å². The number of ether oxygens (including phenoxy) is 1. The minimum absolute atomic E-state index is 0.228. The summed E-state index contributed by atoms with van der Waals surface area (Å²) in [6.07, 6.45) is 2.12. The zero-order valence-corrected chi connectivity index (χ0v) is 8.53. The van der Waals surface area contributed by atoms with Crippen LogP contribution in [0.4, 0.5) is 0 Å². The normalized spacial score (nSPS) is 30.1. The molecule has 2 rings (SSSR count). The molecule has 2 atom stereocenters. The lowest BCUT2D eigenvalue weighted by molar-refractivity contribution is 0.389. The molecule has 0 saturated heterocycles. The maximum absolute atomic E-state index is 6.17. The van der Waals surface area contributed by atoms with Gasteiger partial charge in [-0.05, 0) is 18.4 Å². The van der Waals surface area contributed by atoms with Crippen molar-refractivity contribution in [1.29, 1.82) is 0 Å². The number of aromatic nitrogens is 2. The van der Waals surface area contributed by atoms with Crippen molar-refractivity contribution in [3.63, 3.8) is 0 Å². The van der Waals surface area contributed by atoms with Crippen molar-refractivity contribution in [3.05, 3.63) is 17.8 Å². The summed E-state index contributed by atoms with van der Waals surface area (Å²) in [7, 11) is 1.58. The van der Waals surface area contributed by atoms with Crippen molar-refractivity contribution in [1.82, 2.24) is 10.2 Å². The highest BCUT2D eigenvalue weighted by molar-refractivity contribution is 5.26. The van der Waals surface area contributed by atoms with Gasteiger partial charge in [-0.3, -0.25) is 0 Å². The molecule has 0 bridgehead atoms. The molecule has 2 N–H and O–H groups in total. The zero-order valence-electron chi connectivity index (χ0n) is 8.53. The van der Waals surface area contributed by atoms with E-state index < -0.39 is 0 Å². The van der Waals surface area contributed by atoms with E-state index in [-0.39, 0.29) is 5.54 Å². The second-order valence-corrected chi connectivity index (χ2v) is 3.81. The molecule has 4 nitrogen and oxygen atoms in total. The highest BCUT2D eigenvalue weighted by atomic mass is 16.5. The van der Waals surface area contributed by atoms with Crippen LogP contribution >= 0.6 is 0 Å². The van der Waals surface area contributed by atoms with E-state index in [4.69, 9.17) is 10.5 Å². The second-order valence-electron chi connectivity index (χ2n) is 3.81. The highest BCUT2D eigenvalue weighted by Crippen LogP contribution is 2.50. The lowest BCUT2D eigenvalue weighted by atomic mass is 10.1. The van der Waals surface area contributed by atoms with Crippen LogP contribution in [0.15, 0.2) is 12.1 Å². The Morgan fingerprint density at radius 3 is 2.79 bits per heavy atom. The van der Waals surface area contributed by atoms with Crippen molar-refractivity contribution in [3.8, 4) is 5.88 Å². The first-order chi connectivity index (χ1) is 6.70. The Morgan fingerprint density at radius 1 is 1.57 bits per heavy atom. The van der Waals surface area contributed by atoms with Crippen LogP contribution < -0.4 is 10.5 Å². The molecule has 0 amide bonds. The fraction of sp³-hybridized carbons (Fsp3) is 0.600. The summed E-state index contributed by atoms with van der Waals surface area (Å²) in [6.45, 7) is 2.15. The average molecular weight is 193 g/mol. The molecule has 1 aliphatic carbocycles. The standard InChI is InChI=1S/C10H15N3O/c1-3-7-6-10(7,11)8-4-5-9(14-2)13-12-8/h4-5,7H,3,6,11H2,1-2H3.